The van der Waals surface area contributed by atoms with Crippen LogP contribution in [0.5, 0.6) is 0 Å². The summed E-state index contributed by atoms with van der Waals surface area (Å²) in [6.07, 6.45) is 3.41. The molecule has 0 saturated carbocycles. The summed E-state index contributed by atoms with van der Waals surface area (Å²) in [6.45, 7) is 0.288. The van der Waals surface area contributed by atoms with Gasteiger partial charge in [-0.1, -0.05) is 30.3 Å². The highest BCUT2D eigenvalue weighted by Crippen LogP contribution is 2.30. The zero-order valence-electron chi connectivity index (χ0n) is 11.8. The lowest BCUT2D eigenvalue weighted by molar-refractivity contribution is 0.0920. The van der Waals surface area contributed by atoms with Gasteiger partial charge in [0.05, 0.1) is 11.0 Å². The maximum absolute atomic E-state index is 12.1. The second-order valence-electron chi connectivity index (χ2n) is 5.47. The lowest BCUT2D eigenvalue weighted by Crippen LogP contribution is -2.32. The predicted molar refractivity (Wildman–Crippen MR) is 84.8 cm³/mol. The average Bonchev–Trinajstić information content (AvgIpc) is 3.07. The molecule has 0 saturated heterocycles. The summed E-state index contributed by atoms with van der Waals surface area (Å²) < 4.78 is 0. The van der Waals surface area contributed by atoms with E-state index in [1.165, 1.54) is 16.9 Å². The van der Waals surface area contributed by atoms with Gasteiger partial charge in [-0.15, -0.1) is 11.3 Å². The fourth-order valence-electron chi connectivity index (χ4n) is 2.70. The van der Waals surface area contributed by atoms with Gasteiger partial charge in [0.2, 0.25) is 0 Å². The van der Waals surface area contributed by atoms with Crippen molar-refractivity contribution in [2.24, 2.45) is 0 Å². The number of fused-ring (bicyclic) bond motifs is 1. The first-order valence-electron chi connectivity index (χ1n) is 7.34. The van der Waals surface area contributed by atoms with Crippen molar-refractivity contribution in [3.05, 3.63) is 57.3 Å². The van der Waals surface area contributed by atoms with Crippen LogP contribution in [0, 0.1) is 0 Å². The molecule has 2 N–H and O–H groups in total. The Morgan fingerprint density at radius 2 is 2.10 bits per heavy atom. The van der Waals surface area contributed by atoms with E-state index < -0.39 is 6.10 Å². The number of nitrogens with one attached hydrogen (secondary N) is 1. The van der Waals surface area contributed by atoms with Crippen molar-refractivity contribution < 1.29 is 9.90 Å². The van der Waals surface area contributed by atoms with Crippen molar-refractivity contribution in [1.82, 2.24) is 5.32 Å². The zero-order valence-corrected chi connectivity index (χ0v) is 12.7. The molecule has 4 heteroatoms. The van der Waals surface area contributed by atoms with Crippen molar-refractivity contribution in [3.8, 4) is 0 Å². The van der Waals surface area contributed by atoms with Gasteiger partial charge in [-0.3, -0.25) is 4.79 Å². The Hall–Kier alpha value is -1.65. The lowest BCUT2D eigenvalue weighted by Gasteiger charge is -2.11. The molecule has 1 aliphatic carbocycles. The minimum Gasteiger partial charge on any atom is -0.391 e. The normalized spacial score (nSPS) is 14.7. The molecule has 0 spiro atoms. The number of carbonyl (C=O) groups is 1. The predicted octanol–water partition coefficient (Wildman–Crippen LogP) is 2.57. The van der Waals surface area contributed by atoms with Crippen LogP contribution in [0.1, 0.15) is 32.1 Å². The molecule has 0 bridgehead atoms. The van der Waals surface area contributed by atoms with E-state index in [2.05, 4.69) is 5.32 Å². The third kappa shape index (κ3) is 3.52. The van der Waals surface area contributed by atoms with Crippen LogP contribution >= 0.6 is 11.3 Å². The molecular weight excluding hydrogens is 282 g/mol. The Labute approximate surface area is 128 Å². The average molecular weight is 301 g/mol. The van der Waals surface area contributed by atoms with Gasteiger partial charge in [0, 0.05) is 17.8 Å². The van der Waals surface area contributed by atoms with Crippen LogP contribution in [0.25, 0.3) is 0 Å². The largest absolute Gasteiger partial charge is 0.391 e. The van der Waals surface area contributed by atoms with E-state index >= 15 is 0 Å². The Bertz CT molecular complexity index is 599. The molecule has 3 nitrogen and oxygen atoms in total. The molecule has 1 unspecified atom stereocenters. The van der Waals surface area contributed by atoms with E-state index in [9.17, 15) is 9.90 Å². The second kappa shape index (κ2) is 6.41. The molecular formula is C17H19NO2S. The van der Waals surface area contributed by atoms with Gasteiger partial charge in [-0.2, -0.15) is 0 Å². The number of aliphatic hydroxyl groups is 1. The SMILES string of the molecule is O=C(NCC(O)Cc1ccccc1)c1cc2c(s1)CCC2. The maximum atomic E-state index is 12.1. The number of hydrogen-bond acceptors (Lipinski definition) is 3. The summed E-state index contributed by atoms with van der Waals surface area (Å²) in [5.41, 5.74) is 2.41. The van der Waals surface area contributed by atoms with E-state index in [4.69, 9.17) is 0 Å². The molecule has 1 aromatic heterocycles. The van der Waals surface area contributed by atoms with Crippen molar-refractivity contribution in [1.29, 1.82) is 0 Å². The molecule has 21 heavy (non-hydrogen) atoms. The summed E-state index contributed by atoms with van der Waals surface area (Å²) in [5.74, 6) is -0.0680. The van der Waals surface area contributed by atoms with Crippen LogP contribution in [0.4, 0.5) is 0 Å². The van der Waals surface area contributed by atoms with Crippen molar-refractivity contribution in [3.63, 3.8) is 0 Å². The smallest absolute Gasteiger partial charge is 0.261 e. The molecule has 0 radical (unpaired) electrons. The Kier molecular flexibility index (Phi) is 4.36. The molecule has 1 heterocycles. The number of aryl methyl sites for hydroxylation is 2. The minimum absolute atomic E-state index is 0.0680. The molecule has 3 rings (SSSR count). The van der Waals surface area contributed by atoms with Crippen LogP contribution in [-0.2, 0) is 19.3 Å². The Morgan fingerprint density at radius 1 is 1.29 bits per heavy atom. The van der Waals surface area contributed by atoms with Gasteiger partial charge in [0.25, 0.3) is 5.91 Å². The highest BCUT2D eigenvalue weighted by Gasteiger charge is 2.18. The van der Waals surface area contributed by atoms with Gasteiger partial charge in [0.1, 0.15) is 0 Å². The third-order valence-corrected chi connectivity index (χ3v) is 5.02. The quantitative estimate of drug-likeness (QED) is 0.892. The van der Waals surface area contributed by atoms with E-state index in [-0.39, 0.29) is 12.5 Å². The van der Waals surface area contributed by atoms with Gasteiger partial charge < -0.3 is 10.4 Å². The first kappa shape index (κ1) is 14.3. The fraction of sp³-hybridized carbons (Fsp3) is 0.353. The monoisotopic (exact) mass is 301 g/mol. The molecule has 2 aromatic rings. The molecule has 0 aliphatic heterocycles. The van der Waals surface area contributed by atoms with Crippen molar-refractivity contribution >= 4 is 17.2 Å². The fourth-order valence-corrected chi connectivity index (χ4v) is 3.87. The van der Waals surface area contributed by atoms with Gasteiger partial charge >= 0.3 is 0 Å². The summed E-state index contributed by atoms with van der Waals surface area (Å²) >= 11 is 1.59. The van der Waals surface area contributed by atoms with E-state index in [0.29, 0.717) is 6.42 Å². The van der Waals surface area contributed by atoms with Gasteiger partial charge in [-0.05, 0) is 36.5 Å². The molecule has 1 atom stereocenters. The maximum Gasteiger partial charge on any atom is 0.261 e. The Morgan fingerprint density at radius 3 is 2.86 bits per heavy atom. The third-order valence-electron chi connectivity index (χ3n) is 3.78. The van der Waals surface area contributed by atoms with Crippen molar-refractivity contribution in [2.75, 3.05) is 6.54 Å². The number of rotatable bonds is 5. The van der Waals surface area contributed by atoms with Crippen LogP contribution in [-0.4, -0.2) is 23.7 Å². The number of thiophene rings is 1. The van der Waals surface area contributed by atoms with Crippen LogP contribution in [0.3, 0.4) is 0 Å². The molecule has 0 fully saturated rings. The van der Waals surface area contributed by atoms with E-state index in [1.54, 1.807) is 11.3 Å². The summed E-state index contributed by atoms with van der Waals surface area (Å²) in [4.78, 5) is 14.2. The van der Waals surface area contributed by atoms with Gasteiger partial charge in [0.15, 0.2) is 0 Å². The number of benzene rings is 1. The highest BCUT2D eigenvalue weighted by atomic mass is 32.1. The molecule has 1 amide bonds. The number of amides is 1. The number of aliphatic hydroxyl groups excluding tert-OH is 1. The molecule has 110 valence electrons. The van der Waals surface area contributed by atoms with Gasteiger partial charge in [-0.25, -0.2) is 0 Å². The van der Waals surface area contributed by atoms with Crippen molar-refractivity contribution in [2.45, 2.75) is 31.8 Å². The Balaban J connectivity index is 1.51. The second-order valence-corrected chi connectivity index (χ2v) is 6.60. The minimum atomic E-state index is -0.553. The number of hydrogen-bond donors (Lipinski definition) is 2. The first-order valence-corrected chi connectivity index (χ1v) is 8.16. The first-order chi connectivity index (χ1) is 10.2. The molecule has 1 aromatic carbocycles. The lowest BCUT2D eigenvalue weighted by atomic mass is 10.1. The summed E-state index contributed by atoms with van der Waals surface area (Å²) in [7, 11) is 0. The van der Waals surface area contributed by atoms with Crippen LogP contribution < -0.4 is 5.32 Å². The molecule has 1 aliphatic rings. The topological polar surface area (TPSA) is 49.3 Å². The van der Waals surface area contributed by atoms with E-state index in [1.807, 2.05) is 36.4 Å². The summed E-state index contributed by atoms with van der Waals surface area (Å²) in [5, 5.41) is 12.8. The van der Waals surface area contributed by atoms with E-state index in [0.717, 1.165) is 23.3 Å². The van der Waals surface area contributed by atoms with Crippen LogP contribution in [0.15, 0.2) is 36.4 Å². The van der Waals surface area contributed by atoms with Crippen LogP contribution in [0.2, 0.25) is 0 Å². The standard InChI is InChI=1S/C17H19NO2S/c19-14(9-12-5-2-1-3-6-12)11-18-17(20)16-10-13-7-4-8-15(13)21-16/h1-3,5-6,10,14,19H,4,7-9,11H2,(H,18,20). The zero-order chi connectivity index (χ0) is 14.7. The highest BCUT2D eigenvalue weighted by molar-refractivity contribution is 7.14. The summed E-state index contributed by atoms with van der Waals surface area (Å²) in [6, 6.07) is 11.8. The number of carbonyl (C=O) groups excluding carboxylic acids is 1.